The van der Waals surface area contributed by atoms with Gasteiger partial charge in [-0.3, -0.25) is 0 Å². The van der Waals surface area contributed by atoms with E-state index in [1.54, 1.807) is 0 Å². The molecule has 1 rings (SSSR count). The van der Waals surface area contributed by atoms with Crippen LogP contribution in [0.1, 0.15) is 51.9 Å². The molecule has 0 aromatic carbocycles. The molecule has 0 aromatic rings. The fraction of sp³-hybridized carbons (Fsp3) is 0.900. The summed E-state index contributed by atoms with van der Waals surface area (Å²) in [5, 5.41) is 0. The van der Waals surface area contributed by atoms with E-state index >= 15 is 0 Å². The van der Waals surface area contributed by atoms with E-state index in [0.717, 1.165) is 12.8 Å². The summed E-state index contributed by atoms with van der Waals surface area (Å²) in [6, 6.07) is 0. The molecule has 0 amide bonds. The summed E-state index contributed by atoms with van der Waals surface area (Å²) in [6.07, 6.45) is 8.64. The topological polar surface area (TPSA) is 29.6 Å². The van der Waals surface area contributed by atoms with Crippen molar-refractivity contribution in [1.82, 2.24) is 0 Å². The minimum absolute atomic E-state index is 0.00329. The molecule has 1 aliphatic heterocycles. The molecule has 0 bridgehead atoms. The number of ether oxygens (including phenoxy) is 1. The monoisotopic (exact) mass is 170 g/mol. The number of carbonyl (C=O) groups is 1. The van der Waals surface area contributed by atoms with Crippen LogP contribution in [0, 0.1) is 0 Å². The van der Waals surface area contributed by atoms with Crippen LogP contribution in [0.5, 0.6) is 0 Å². The van der Waals surface area contributed by atoms with Crippen LogP contribution in [0.4, 0.5) is 0 Å². The third-order valence-electron chi connectivity index (χ3n) is 2.28. The van der Waals surface area contributed by atoms with Gasteiger partial charge in [0, 0.05) is 0 Å². The Hall–Kier alpha value is -0.530. The number of cyclic esters (lactones) is 1. The molecule has 0 aliphatic carbocycles. The molecule has 0 N–H and O–H groups in total. The summed E-state index contributed by atoms with van der Waals surface area (Å²) < 4.78 is 4.71. The summed E-state index contributed by atoms with van der Waals surface area (Å²) in [7, 11) is 0. The Balaban J connectivity index is 1.74. The van der Waals surface area contributed by atoms with Crippen molar-refractivity contribution in [2.24, 2.45) is 0 Å². The first-order valence-electron chi connectivity index (χ1n) is 5.05. The van der Waals surface area contributed by atoms with Gasteiger partial charge in [-0.1, -0.05) is 39.0 Å². The molecule has 1 atom stereocenters. The Labute approximate surface area is 74.3 Å². The minimum Gasteiger partial charge on any atom is -0.448 e. The van der Waals surface area contributed by atoms with E-state index in [4.69, 9.17) is 4.74 Å². The van der Waals surface area contributed by atoms with Crippen molar-refractivity contribution in [1.29, 1.82) is 0 Å². The molecule has 1 saturated heterocycles. The van der Waals surface area contributed by atoms with Crippen LogP contribution in [0.25, 0.3) is 0 Å². The van der Waals surface area contributed by atoms with Crippen LogP contribution < -0.4 is 0 Å². The molecule has 0 saturated carbocycles. The first-order valence-corrected chi connectivity index (χ1v) is 5.05. The van der Waals surface area contributed by atoms with Crippen LogP contribution in [-0.2, 0) is 9.53 Å². The highest BCUT2D eigenvalue weighted by Gasteiger charge is 2.36. The number of hydrogen-bond donors (Lipinski definition) is 0. The second-order valence-electron chi connectivity index (χ2n) is 3.48. The zero-order chi connectivity index (χ0) is 8.81. The number of hydrogen-bond acceptors (Lipinski definition) is 2. The SMILES string of the molecule is CCCCCCCC[C@H]1OC1=O. The molecule has 1 aliphatic rings. The van der Waals surface area contributed by atoms with Gasteiger partial charge in [-0.2, -0.15) is 0 Å². The molecule has 0 radical (unpaired) electrons. The molecule has 1 fully saturated rings. The zero-order valence-corrected chi connectivity index (χ0v) is 7.84. The smallest absolute Gasteiger partial charge is 0.348 e. The molecule has 2 nitrogen and oxygen atoms in total. The molecule has 0 unspecified atom stereocenters. The van der Waals surface area contributed by atoms with Gasteiger partial charge in [0.05, 0.1) is 0 Å². The van der Waals surface area contributed by atoms with Crippen LogP contribution in [0.2, 0.25) is 0 Å². The van der Waals surface area contributed by atoms with E-state index in [1.807, 2.05) is 0 Å². The summed E-state index contributed by atoms with van der Waals surface area (Å²) in [5.41, 5.74) is 0. The maximum atomic E-state index is 10.4. The Morgan fingerprint density at radius 1 is 1.17 bits per heavy atom. The van der Waals surface area contributed by atoms with Crippen molar-refractivity contribution in [3.05, 3.63) is 0 Å². The second kappa shape index (κ2) is 5.18. The van der Waals surface area contributed by atoms with Gasteiger partial charge < -0.3 is 4.74 Å². The van der Waals surface area contributed by atoms with Crippen molar-refractivity contribution >= 4 is 5.97 Å². The lowest BCUT2D eigenvalue weighted by Crippen LogP contribution is -1.87. The number of epoxide rings is 1. The van der Waals surface area contributed by atoms with E-state index in [1.165, 1.54) is 32.1 Å². The van der Waals surface area contributed by atoms with E-state index in [0.29, 0.717) is 0 Å². The Kier molecular flexibility index (Phi) is 4.12. The van der Waals surface area contributed by atoms with Crippen molar-refractivity contribution in [3.8, 4) is 0 Å². The molecular weight excluding hydrogens is 152 g/mol. The predicted molar refractivity (Wildman–Crippen MR) is 47.9 cm³/mol. The molecule has 1 heterocycles. The van der Waals surface area contributed by atoms with Crippen molar-refractivity contribution in [2.75, 3.05) is 0 Å². The van der Waals surface area contributed by atoms with E-state index < -0.39 is 0 Å². The van der Waals surface area contributed by atoms with Gasteiger partial charge in [0.1, 0.15) is 0 Å². The average Bonchev–Trinajstić information content (AvgIpc) is 2.74. The second-order valence-corrected chi connectivity index (χ2v) is 3.48. The predicted octanol–water partition coefficient (Wildman–Crippen LogP) is 2.66. The average molecular weight is 170 g/mol. The third-order valence-corrected chi connectivity index (χ3v) is 2.28. The molecule has 0 aromatic heterocycles. The fourth-order valence-electron chi connectivity index (χ4n) is 1.39. The Morgan fingerprint density at radius 3 is 2.33 bits per heavy atom. The lowest BCUT2D eigenvalue weighted by Gasteiger charge is -1.96. The quantitative estimate of drug-likeness (QED) is 0.434. The van der Waals surface area contributed by atoms with Crippen LogP contribution >= 0.6 is 0 Å². The van der Waals surface area contributed by atoms with E-state index in [2.05, 4.69) is 6.92 Å². The van der Waals surface area contributed by atoms with Crippen molar-refractivity contribution in [3.63, 3.8) is 0 Å². The van der Waals surface area contributed by atoms with Gasteiger partial charge in [0.25, 0.3) is 0 Å². The normalized spacial score (nSPS) is 20.8. The van der Waals surface area contributed by atoms with E-state index in [-0.39, 0.29) is 12.1 Å². The highest BCUT2D eigenvalue weighted by atomic mass is 16.6. The van der Waals surface area contributed by atoms with Crippen molar-refractivity contribution < 1.29 is 9.53 Å². The molecular formula is C10H18O2. The first kappa shape index (κ1) is 9.56. The van der Waals surface area contributed by atoms with Gasteiger partial charge in [0.15, 0.2) is 6.10 Å². The summed E-state index contributed by atoms with van der Waals surface area (Å²) in [5.74, 6) is 0.00329. The van der Waals surface area contributed by atoms with Crippen LogP contribution in [0.3, 0.4) is 0 Å². The zero-order valence-electron chi connectivity index (χ0n) is 7.84. The lowest BCUT2D eigenvalue weighted by atomic mass is 10.1. The molecule has 2 heteroatoms. The molecule has 12 heavy (non-hydrogen) atoms. The summed E-state index contributed by atoms with van der Waals surface area (Å²) in [6.45, 7) is 2.22. The maximum absolute atomic E-state index is 10.4. The standard InChI is InChI=1S/C10H18O2/c1-2-3-4-5-6-7-8-9-10(11)12-9/h9H,2-8H2,1H3/t9-/m1/s1. The van der Waals surface area contributed by atoms with Gasteiger partial charge in [-0.15, -0.1) is 0 Å². The summed E-state index contributed by atoms with van der Waals surface area (Å²) >= 11 is 0. The largest absolute Gasteiger partial charge is 0.448 e. The first-order chi connectivity index (χ1) is 5.84. The molecule has 0 spiro atoms. The number of rotatable bonds is 7. The summed E-state index contributed by atoms with van der Waals surface area (Å²) in [4.78, 5) is 10.4. The van der Waals surface area contributed by atoms with Gasteiger partial charge in [0.2, 0.25) is 0 Å². The van der Waals surface area contributed by atoms with E-state index in [9.17, 15) is 4.79 Å². The maximum Gasteiger partial charge on any atom is 0.348 e. The number of carbonyl (C=O) groups excluding carboxylic acids is 1. The van der Waals surface area contributed by atoms with Crippen molar-refractivity contribution in [2.45, 2.75) is 58.0 Å². The lowest BCUT2D eigenvalue weighted by molar-refractivity contribution is -0.117. The van der Waals surface area contributed by atoms with Gasteiger partial charge in [-0.05, 0) is 12.8 Å². The van der Waals surface area contributed by atoms with Crippen LogP contribution in [0.15, 0.2) is 0 Å². The van der Waals surface area contributed by atoms with Crippen LogP contribution in [-0.4, -0.2) is 12.1 Å². The fourth-order valence-corrected chi connectivity index (χ4v) is 1.39. The third kappa shape index (κ3) is 3.74. The Bertz CT molecular complexity index is 143. The highest BCUT2D eigenvalue weighted by molar-refractivity contribution is 5.87. The number of unbranched alkanes of at least 4 members (excludes halogenated alkanes) is 5. The Morgan fingerprint density at radius 2 is 1.75 bits per heavy atom. The molecule has 70 valence electrons. The van der Waals surface area contributed by atoms with Gasteiger partial charge in [-0.25, -0.2) is 4.79 Å². The minimum atomic E-state index is -0.0174. The highest BCUT2D eigenvalue weighted by Crippen LogP contribution is 2.19. The van der Waals surface area contributed by atoms with Gasteiger partial charge >= 0.3 is 5.97 Å².